The summed E-state index contributed by atoms with van der Waals surface area (Å²) < 4.78 is 11.4. The molecular weight excluding hydrogens is 376 g/mol. The summed E-state index contributed by atoms with van der Waals surface area (Å²) in [6, 6.07) is 17.0. The summed E-state index contributed by atoms with van der Waals surface area (Å²) in [7, 11) is 0. The van der Waals surface area contributed by atoms with E-state index in [-0.39, 0.29) is 5.91 Å². The lowest BCUT2D eigenvalue weighted by Crippen LogP contribution is -2.28. The molecule has 2 aromatic rings. The second-order valence-corrected chi connectivity index (χ2v) is 8.35. The minimum Gasteiger partial charge on any atom is -0.494 e. The molecule has 0 aromatic heterocycles. The van der Waals surface area contributed by atoms with Crippen LogP contribution in [0.1, 0.15) is 36.0 Å². The van der Waals surface area contributed by atoms with Crippen molar-refractivity contribution in [3.8, 4) is 11.5 Å². The molecule has 1 aliphatic heterocycles. The van der Waals surface area contributed by atoms with Crippen LogP contribution in [-0.4, -0.2) is 50.2 Å². The standard InChI is InChI=1S/C25H32N2O3/c28-25(26-14-17-30-23-8-2-1-3-9-23)20-10-12-24(13-11-20)29-16-5-15-27-18-21-6-4-7-22(21)19-27/h1-3,8-13,21-22H,4-7,14-19H2,(H,26,28). The van der Waals surface area contributed by atoms with Gasteiger partial charge in [-0.3, -0.25) is 4.79 Å². The van der Waals surface area contributed by atoms with Crippen LogP contribution < -0.4 is 14.8 Å². The molecule has 30 heavy (non-hydrogen) atoms. The third-order valence-electron chi connectivity index (χ3n) is 6.21. The lowest BCUT2D eigenvalue weighted by Gasteiger charge is -2.16. The predicted octanol–water partition coefficient (Wildman–Crippen LogP) is 4.00. The monoisotopic (exact) mass is 408 g/mol. The van der Waals surface area contributed by atoms with Crippen molar-refractivity contribution in [1.82, 2.24) is 10.2 Å². The fraction of sp³-hybridized carbons (Fsp3) is 0.480. The number of likely N-dealkylation sites (tertiary alicyclic amines) is 1. The van der Waals surface area contributed by atoms with Gasteiger partial charge < -0.3 is 19.7 Å². The molecule has 1 saturated carbocycles. The summed E-state index contributed by atoms with van der Waals surface area (Å²) in [5, 5.41) is 2.88. The molecule has 2 unspecified atom stereocenters. The lowest BCUT2D eigenvalue weighted by molar-refractivity contribution is 0.0947. The van der Waals surface area contributed by atoms with Gasteiger partial charge in [-0.2, -0.15) is 0 Å². The van der Waals surface area contributed by atoms with Crippen molar-refractivity contribution in [2.75, 3.05) is 39.4 Å². The maximum Gasteiger partial charge on any atom is 0.251 e. The summed E-state index contributed by atoms with van der Waals surface area (Å²) in [6.45, 7) is 5.31. The first-order valence-electron chi connectivity index (χ1n) is 11.2. The number of nitrogens with one attached hydrogen (secondary N) is 1. The van der Waals surface area contributed by atoms with Gasteiger partial charge in [-0.25, -0.2) is 0 Å². The van der Waals surface area contributed by atoms with Gasteiger partial charge in [0, 0.05) is 25.2 Å². The molecule has 4 rings (SSSR count). The Kier molecular flexibility index (Phi) is 7.25. The van der Waals surface area contributed by atoms with Crippen LogP contribution in [0.2, 0.25) is 0 Å². The van der Waals surface area contributed by atoms with Crippen molar-refractivity contribution in [3.05, 3.63) is 60.2 Å². The Balaban J connectivity index is 1.10. The van der Waals surface area contributed by atoms with Gasteiger partial charge in [0.1, 0.15) is 18.1 Å². The van der Waals surface area contributed by atoms with E-state index < -0.39 is 0 Å². The van der Waals surface area contributed by atoms with E-state index in [2.05, 4.69) is 10.2 Å². The van der Waals surface area contributed by atoms with Gasteiger partial charge in [-0.15, -0.1) is 0 Å². The smallest absolute Gasteiger partial charge is 0.251 e. The molecule has 2 aromatic carbocycles. The van der Waals surface area contributed by atoms with Crippen LogP contribution in [0.3, 0.4) is 0 Å². The third-order valence-corrected chi connectivity index (χ3v) is 6.21. The Hall–Kier alpha value is -2.53. The molecule has 2 atom stereocenters. The number of amides is 1. The second kappa shape index (κ2) is 10.5. The summed E-state index contributed by atoms with van der Waals surface area (Å²) in [5.41, 5.74) is 0.630. The molecule has 1 aliphatic carbocycles. The highest BCUT2D eigenvalue weighted by atomic mass is 16.5. The molecule has 5 heteroatoms. The number of para-hydroxylation sites is 1. The molecule has 0 spiro atoms. The summed E-state index contributed by atoms with van der Waals surface area (Å²) in [4.78, 5) is 14.8. The van der Waals surface area contributed by atoms with Gasteiger partial charge in [0.2, 0.25) is 0 Å². The van der Waals surface area contributed by atoms with Gasteiger partial charge in [0.25, 0.3) is 5.91 Å². The highest BCUT2D eigenvalue weighted by molar-refractivity contribution is 5.94. The quantitative estimate of drug-likeness (QED) is 0.604. The molecule has 2 aliphatic rings. The molecule has 5 nitrogen and oxygen atoms in total. The summed E-state index contributed by atoms with van der Waals surface area (Å²) in [5.74, 6) is 3.43. The van der Waals surface area contributed by atoms with E-state index in [9.17, 15) is 4.79 Å². The zero-order chi connectivity index (χ0) is 20.6. The maximum atomic E-state index is 12.2. The molecular formula is C25H32N2O3. The molecule has 0 bridgehead atoms. The number of benzene rings is 2. The zero-order valence-corrected chi connectivity index (χ0v) is 17.6. The van der Waals surface area contributed by atoms with Crippen LogP contribution in [0.5, 0.6) is 11.5 Å². The molecule has 1 amide bonds. The number of ether oxygens (including phenoxy) is 2. The van der Waals surface area contributed by atoms with E-state index in [4.69, 9.17) is 9.47 Å². The molecule has 0 radical (unpaired) electrons. The molecule has 160 valence electrons. The van der Waals surface area contributed by atoms with Crippen LogP contribution in [0.15, 0.2) is 54.6 Å². The average molecular weight is 409 g/mol. The van der Waals surface area contributed by atoms with E-state index in [0.717, 1.165) is 36.3 Å². The van der Waals surface area contributed by atoms with Crippen molar-refractivity contribution in [1.29, 1.82) is 0 Å². The van der Waals surface area contributed by atoms with E-state index in [1.54, 1.807) is 0 Å². The van der Waals surface area contributed by atoms with Gasteiger partial charge in [0.15, 0.2) is 0 Å². The first-order valence-corrected chi connectivity index (χ1v) is 11.2. The van der Waals surface area contributed by atoms with Crippen molar-refractivity contribution >= 4 is 5.91 Å². The fourth-order valence-electron chi connectivity index (χ4n) is 4.65. The molecule has 2 fully saturated rings. The Labute approximate surface area is 179 Å². The summed E-state index contributed by atoms with van der Waals surface area (Å²) >= 11 is 0. The normalized spacial score (nSPS) is 20.7. The van der Waals surface area contributed by atoms with E-state index in [0.29, 0.717) is 25.3 Å². The van der Waals surface area contributed by atoms with Crippen molar-refractivity contribution in [3.63, 3.8) is 0 Å². The van der Waals surface area contributed by atoms with E-state index in [1.165, 1.54) is 32.4 Å². The van der Waals surface area contributed by atoms with Gasteiger partial charge in [-0.05, 0) is 67.5 Å². The topological polar surface area (TPSA) is 50.8 Å². The fourth-order valence-corrected chi connectivity index (χ4v) is 4.65. The second-order valence-electron chi connectivity index (χ2n) is 8.35. The van der Waals surface area contributed by atoms with Crippen LogP contribution in [-0.2, 0) is 0 Å². The van der Waals surface area contributed by atoms with Crippen molar-refractivity contribution < 1.29 is 14.3 Å². The SMILES string of the molecule is O=C(NCCOc1ccccc1)c1ccc(OCCCN2CC3CCCC3C2)cc1. The largest absolute Gasteiger partial charge is 0.494 e. The highest BCUT2D eigenvalue weighted by Gasteiger charge is 2.35. The zero-order valence-electron chi connectivity index (χ0n) is 17.6. The number of carbonyl (C=O) groups excluding carboxylic acids is 1. The number of carbonyl (C=O) groups is 1. The van der Waals surface area contributed by atoms with Crippen LogP contribution in [0.4, 0.5) is 0 Å². The van der Waals surface area contributed by atoms with Crippen molar-refractivity contribution in [2.24, 2.45) is 11.8 Å². The maximum absolute atomic E-state index is 12.2. The number of fused-ring (bicyclic) bond motifs is 1. The minimum absolute atomic E-state index is 0.0993. The first-order chi connectivity index (χ1) is 14.8. The lowest BCUT2D eigenvalue weighted by atomic mass is 10.0. The minimum atomic E-state index is -0.0993. The summed E-state index contributed by atoms with van der Waals surface area (Å²) in [6.07, 6.45) is 5.33. The average Bonchev–Trinajstić information content (AvgIpc) is 3.37. The third kappa shape index (κ3) is 5.76. The van der Waals surface area contributed by atoms with Crippen LogP contribution in [0.25, 0.3) is 0 Å². The number of rotatable bonds is 10. The predicted molar refractivity (Wildman–Crippen MR) is 118 cm³/mol. The number of nitrogens with zero attached hydrogens (tertiary/aromatic N) is 1. The number of hydrogen-bond donors (Lipinski definition) is 1. The molecule has 1 saturated heterocycles. The first kappa shape index (κ1) is 20.7. The van der Waals surface area contributed by atoms with Crippen molar-refractivity contribution in [2.45, 2.75) is 25.7 Å². The Bertz CT molecular complexity index is 782. The van der Waals surface area contributed by atoms with E-state index >= 15 is 0 Å². The highest BCUT2D eigenvalue weighted by Crippen LogP contribution is 2.37. The van der Waals surface area contributed by atoms with E-state index in [1.807, 2.05) is 54.6 Å². The van der Waals surface area contributed by atoms with Gasteiger partial charge >= 0.3 is 0 Å². The Morgan fingerprint density at radius 3 is 2.30 bits per heavy atom. The van der Waals surface area contributed by atoms with Crippen LogP contribution >= 0.6 is 0 Å². The van der Waals surface area contributed by atoms with Gasteiger partial charge in [-0.1, -0.05) is 24.6 Å². The molecule has 1 N–H and O–H groups in total. The Morgan fingerprint density at radius 1 is 0.900 bits per heavy atom. The Morgan fingerprint density at radius 2 is 1.57 bits per heavy atom. The number of hydrogen-bond acceptors (Lipinski definition) is 4. The molecule has 1 heterocycles. The van der Waals surface area contributed by atoms with Crippen LogP contribution in [0, 0.1) is 11.8 Å². The van der Waals surface area contributed by atoms with Gasteiger partial charge in [0.05, 0.1) is 13.2 Å².